The topological polar surface area (TPSA) is 55.8 Å². The molecule has 2 aromatic carbocycles. The first-order valence-electron chi connectivity index (χ1n) is 9.68. The number of nitrogens with zero attached hydrogens (tertiary/aromatic N) is 2. The third kappa shape index (κ3) is 3.63. The maximum Gasteiger partial charge on any atom is 0.243 e. The van der Waals surface area contributed by atoms with Crippen molar-refractivity contribution < 1.29 is 14.3 Å². The number of rotatable bonds is 4. The van der Waals surface area contributed by atoms with Crippen LogP contribution in [0.4, 0.5) is 10.1 Å². The molecule has 2 N–H and O–H groups in total. The molecule has 2 heterocycles. The molecule has 0 saturated heterocycles. The number of anilines is 1. The molecule has 2 aliphatic rings. The predicted octanol–water partition coefficient (Wildman–Crippen LogP) is 3.56. The van der Waals surface area contributed by atoms with Crippen LogP contribution in [0, 0.1) is 5.82 Å². The Morgan fingerprint density at radius 2 is 2.03 bits per heavy atom. The largest absolute Gasteiger partial charge is 0.368 e. The van der Waals surface area contributed by atoms with E-state index in [0.717, 1.165) is 35.4 Å². The Morgan fingerprint density at radius 3 is 2.76 bits per heavy atom. The molecule has 1 unspecified atom stereocenters. The number of carbonyl (C=O) groups is 1. The van der Waals surface area contributed by atoms with Crippen molar-refractivity contribution in [3.63, 3.8) is 0 Å². The van der Waals surface area contributed by atoms with Gasteiger partial charge in [-0.05, 0) is 42.2 Å². The van der Waals surface area contributed by atoms with E-state index in [1.165, 1.54) is 6.07 Å². The van der Waals surface area contributed by atoms with E-state index >= 15 is 0 Å². The first-order valence-corrected chi connectivity index (χ1v) is 9.68. The Morgan fingerprint density at radius 1 is 1.28 bits per heavy atom. The van der Waals surface area contributed by atoms with Crippen LogP contribution < -0.4 is 5.32 Å². The second-order valence-electron chi connectivity index (χ2n) is 7.43. The SMILES string of the molecule is C=C1C2=C(C(O)N1C)N(CC(=O)Nc1ccc(-c3ccccc3)c(F)c1)CCC2. The van der Waals surface area contributed by atoms with Crippen LogP contribution in [-0.4, -0.2) is 47.2 Å². The number of amides is 1. The number of aliphatic hydroxyl groups excluding tert-OH is 1. The lowest BCUT2D eigenvalue weighted by atomic mass is 10.0. The third-order valence-corrected chi connectivity index (χ3v) is 5.56. The summed E-state index contributed by atoms with van der Waals surface area (Å²) in [6.07, 6.45) is 0.958. The molecular weight excluding hydrogens is 369 g/mol. The van der Waals surface area contributed by atoms with Crippen molar-refractivity contribution in [3.8, 4) is 11.1 Å². The molecular formula is C23H24FN3O2. The van der Waals surface area contributed by atoms with E-state index in [9.17, 15) is 14.3 Å². The lowest BCUT2D eigenvalue weighted by Crippen LogP contribution is -2.40. The minimum Gasteiger partial charge on any atom is -0.368 e. The third-order valence-electron chi connectivity index (χ3n) is 5.56. The van der Waals surface area contributed by atoms with E-state index in [1.807, 2.05) is 35.2 Å². The summed E-state index contributed by atoms with van der Waals surface area (Å²) >= 11 is 0. The minimum atomic E-state index is -0.784. The fourth-order valence-electron chi connectivity index (χ4n) is 4.02. The molecule has 0 radical (unpaired) electrons. The molecule has 0 bridgehead atoms. The van der Waals surface area contributed by atoms with Crippen LogP contribution in [0.2, 0.25) is 0 Å². The predicted molar refractivity (Wildman–Crippen MR) is 111 cm³/mol. The van der Waals surface area contributed by atoms with Crippen LogP contribution in [0.15, 0.2) is 72.1 Å². The lowest BCUT2D eigenvalue weighted by Gasteiger charge is -2.31. The van der Waals surface area contributed by atoms with E-state index in [-0.39, 0.29) is 18.3 Å². The molecule has 29 heavy (non-hydrogen) atoms. The molecule has 1 amide bonds. The van der Waals surface area contributed by atoms with Crippen LogP contribution in [0.5, 0.6) is 0 Å². The average molecular weight is 393 g/mol. The molecule has 2 aliphatic heterocycles. The maximum absolute atomic E-state index is 14.5. The lowest BCUT2D eigenvalue weighted by molar-refractivity contribution is -0.117. The molecule has 6 heteroatoms. The van der Waals surface area contributed by atoms with E-state index in [2.05, 4.69) is 11.9 Å². The normalized spacial score (nSPS) is 18.9. The number of aliphatic hydroxyl groups is 1. The van der Waals surface area contributed by atoms with Crippen molar-refractivity contribution in [2.24, 2.45) is 0 Å². The summed E-state index contributed by atoms with van der Waals surface area (Å²) in [4.78, 5) is 16.2. The monoisotopic (exact) mass is 393 g/mol. The molecule has 0 aromatic heterocycles. The number of nitrogens with one attached hydrogen (secondary N) is 1. The van der Waals surface area contributed by atoms with Crippen molar-refractivity contribution in [2.75, 3.05) is 25.5 Å². The number of benzene rings is 2. The van der Waals surface area contributed by atoms with Gasteiger partial charge in [-0.1, -0.05) is 36.9 Å². The van der Waals surface area contributed by atoms with E-state index < -0.39 is 6.23 Å². The summed E-state index contributed by atoms with van der Waals surface area (Å²) < 4.78 is 14.5. The Kier molecular flexibility index (Phi) is 5.11. The summed E-state index contributed by atoms with van der Waals surface area (Å²) in [5, 5.41) is 13.3. The van der Waals surface area contributed by atoms with Gasteiger partial charge in [-0.15, -0.1) is 0 Å². The fraction of sp³-hybridized carbons (Fsp3) is 0.261. The number of hydrogen-bond donors (Lipinski definition) is 2. The van der Waals surface area contributed by atoms with Crippen LogP contribution in [0.1, 0.15) is 12.8 Å². The Hall–Kier alpha value is -3.12. The Balaban J connectivity index is 1.46. The molecule has 1 atom stereocenters. The van der Waals surface area contributed by atoms with Gasteiger partial charge in [-0.25, -0.2) is 4.39 Å². The van der Waals surface area contributed by atoms with Gasteiger partial charge < -0.3 is 20.2 Å². The van der Waals surface area contributed by atoms with Crippen molar-refractivity contribution in [3.05, 3.63) is 77.9 Å². The van der Waals surface area contributed by atoms with Gasteiger partial charge in [0.15, 0.2) is 6.23 Å². The van der Waals surface area contributed by atoms with Gasteiger partial charge in [0.1, 0.15) is 5.82 Å². The highest BCUT2D eigenvalue weighted by atomic mass is 19.1. The van der Waals surface area contributed by atoms with Crippen LogP contribution in [0.25, 0.3) is 11.1 Å². The molecule has 2 aromatic rings. The first-order chi connectivity index (χ1) is 14.0. The fourth-order valence-corrected chi connectivity index (χ4v) is 4.02. The maximum atomic E-state index is 14.5. The van der Waals surface area contributed by atoms with Crippen molar-refractivity contribution in [1.82, 2.24) is 9.80 Å². The number of carbonyl (C=O) groups excluding carboxylic acids is 1. The highest BCUT2D eigenvalue weighted by molar-refractivity contribution is 5.92. The Bertz CT molecular complexity index is 987. The zero-order chi connectivity index (χ0) is 20.5. The van der Waals surface area contributed by atoms with Gasteiger partial charge in [0.25, 0.3) is 0 Å². The van der Waals surface area contributed by atoms with Crippen molar-refractivity contribution in [2.45, 2.75) is 19.1 Å². The summed E-state index contributed by atoms with van der Waals surface area (Å²) in [6, 6.07) is 14.0. The number of likely N-dealkylation sites (N-methyl/N-ethyl adjacent to an activating group) is 1. The molecule has 0 aliphatic carbocycles. The second kappa shape index (κ2) is 7.72. The van der Waals surface area contributed by atoms with E-state index in [4.69, 9.17) is 0 Å². The van der Waals surface area contributed by atoms with Gasteiger partial charge >= 0.3 is 0 Å². The van der Waals surface area contributed by atoms with Crippen molar-refractivity contribution >= 4 is 11.6 Å². The molecule has 0 spiro atoms. The van der Waals surface area contributed by atoms with Gasteiger partial charge in [0.2, 0.25) is 5.91 Å². The molecule has 4 rings (SSSR count). The molecule has 5 nitrogen and oxygen atoms in total. The smallest absolute Gasteiger partial charge is 0.243 e. The molecule has 0 fully saturated rings. The Labute approximate surface area is 169 Å². The van der Waals surface area contributed by atoms with Gasteiger partial charge in [-0.3, -0.25) is 4.79 Å². The summed E-state index contributed by atoms with van der Waals surface area (Å²) in [5.74, 6) is -0.640. The zero-order valence-electron chi connectivity index (χ0n) is 16.4. The van der Waals surface area contributed by atoms with E-state index in [1.54, 1.807) is 24.1 Å². The first kappa shape index (κ1) is 19.2. The van der Waals surface area contributed by atoms with Crippen molar-refractivity contribution in [1.29, 1.82) is 0 Å². The van der Waals surface area contributed by atoms with Gasteiger partial charge in [-0.2, -0.15) is 0 Å². The molecule has 0 saturated carbocycles. The quantitative estimate of drug-likeness (QED) is 0.834. The average Bonchev–Trinajstić information content (AvgIpc) is 2.94. The van der Waals surface area contributed by atoms with Crippen LogP contribution >= 0.6 is 0 Å². The highest BCUT2D eigenvalue weighted by Crippen LogP contribution is 2.37. The standard InChI is InChI=1S/C23H24FN3O2/c1-15-18-9-6-12-27(22(18)23(29)26(15)2)14-21(28)25-17-10-11-19(20(24)13-17)16-7-4-3-5-8-16/h3-5,7-8,10-11,13,23,29H,1,6,9,12,14H2,2H3,(H,25,28). The van der Waals surface area contributed by atoms with E-state index in [0.29, 0.717) is 17.8 Å². The summed E-state index contributed by atoms with van der Waals surface area (Å²) in [5.41, 5.74) is 4.25. The number of halogens is 1. The number of allylic oxidation sites excluding steroid dienone is 1. The van der Waals surface area contributed by atoms with Crippen LogP contribution in [-0.2, 0) is 4.79 Å². The summed E-state index contributed by atoms with van der Waals surface area (Å²) in [6.45, 7) is 4.82. The second-order valence-corrected chi connectivity index (χ2v) is 7.43. The zero-order valence-corrected chi connectivity index (χ0v) is 16.4. The molecule has 150 valence electrons. The van der Waals surface area contributed by atoms with Crippen LogP contribution in [0.3, 0.4) is 0 Å². The minimum absolute atomic E-state index is 0.0963. The number of hydrogen-bond acceptors (Lipinski definition) is 4. The van der Waals surface area contributed by atoms with Gasteiger partial charge in [0, 0.05) is 30.5 Å². The summed E-state index contributed by atoms with van der Waals surface area (Å²) in [7, 11) is 1.79. The highest BCUT2D eigenvalue weighted by Gasteiger charge is 2.37. The van der Waals surface area contributed by atoms with Gasteiger partial charge in [0.05, 0.1) is 12.2 Å².